The second-order valence-corrected chi connectivity index (χ2v) is 7.75. The second kappa shape index (κ2) is 8.31. The minimum atomic E-state index is -3.33. The van der Waals surface area contributed by atoms with Crippen molar-refractivity contribution < 1.29 is 8.42 Å². The number of benzene rings is 2. The standard InChI is InChI=1S/C19H26N2O2S/c1-4-21(19-12-8-6-10-17(19)3)14-13-20-24(22,23)15-18-11-7-5-9-16(18)2/h5-12,20H,4,13-15H2,1-3H3. The molecule has 0 radical (unpaired) electrons. The average molecular weight is 346 g/mol. The van der Waals surface area contributed by atoms with Gasteiger partial charge in [-0.25, -0.2) is 13.1 Å². The predicted molar refractivity (Wildman–Crippen MR) is 101 cm³/mol. The Bertz CT molecular complexity index is 772. The van der Waals surface area contributed by atoms with Gasteiger partial charge in [-0.1, -0.05) is 42.5 Å². The van der Waals surface area contributed by atoms with E-state index in [0.717, 1.165) is 23.4 Å². The largest absolute Gasteiger partial charge is 0.370 e. The monoisotopic (exact) mass is 346 g/mol. The predicted octanol–water partition coefficient (Wildman–Crippen LogP) is 3.25. The zero-order valence-electron chi connectivity index (χ0n) is 14.6. The molecule has 130 valence electrons. The van der Waals surface area contributed by atoms with E-state index in [1.165, 1.54) is 5.56 Å². The summed E-state index contributed by atoms with van der Waals surface area (Å²) in [6.45, 7) is 7.96. The zero-order chi connectivity index (χ0) is 17.6. The van der Waals surface area contributed by atoms with Gasteiger partial charge in [-0.05, 0) is 43.5 Å². The van der Waals surface area contributed by atoms with Crippen LogP contribution in [0.4, 0.5) is 5.69 Å². The number of hydrogen-bond donors (Lipinski definition) is 1. The van der Waals surface area contributed by atoms with E-state index in [2.05, 4.69) is 35.6 Å². The number of likely N-dealkylation sites (N-methyl/N-ethyl adjacent to an activating group) is 1. The Kier molecular flexibility index (Phi) is 6.40. The van der Waals surface area contributed by atoms with Crippen molar-refractivity contribution in [3.8, 4) is 0 Å². The lowest BCUT2D eigenvalue weighted by molar-refractivity contribution is 0.580. The van der Waals surface area contributed by atoms with Crippen LogP contribution in [0.5, 0.6) is 0 Å². The van der Waals surface area contributed by atoms with E-state index in [9.17, 15) is 8.42 Å². The minimum Gasteiger partial charge on any atom is -0.370 e. The third-order valence-corrected chi connectivity index (χ3v) is 5.48. The van der Waals surface area contributed by atoms with Gasteiger partial charge in [0.15, 0.2) is 0 Å². The van der Waals surface area contributed by atoms with Crippen LogP contribution in [0.3, 0.4) is 0 Å². The smallest absolute Gasteiger partial charge is 0.215 e. The lowest BCUT2D eigenvalue weighted by Gasteiger charge is -2.25. The highest BCUT2D eigenvalue weighted by Crippen LogP contribution is 2.18. The number of anilines is 1. The molecule has 2 rings (SSSR count). The lowest BCUT2D eigenvalue weighted by atomic mass is 10.1. The Morgan fingerprint density at radius 3 is 2.21 bits per heavy atom. The highest BCUT2D eigenvalue weighted by Gasteiger charge is 2.13. The third-order valence-electron chi connectivity index (χ3n) is 4.15. The Balaban J connectivity index is 1.95. The molecule has 0 saturated carbocycles. The number of hydrogen-bond acceptors (Lipinski definition) is 3. The van der Waals surface area contributed by atoms with Crippen LogP contribution >= 0.6 is 0 Å². The molecule has 0 bridgehead atoms. The van der Waals surface area contributed by atoms with Crippen molar-refractivity contribution in [3.05, 3.63) is 65.2 Å². The molecule has 0 atom stereocenters. The summed E-state index contributed by atoms with van der Waals surface area (Å²) in [7, 11) is -3.33. The quantitative estimate of drug-likeness (QED) is 0.798. The van der Waals surface area contributed by atoms with Crippen molar-refractivity contribution in [1.29, 1.82) is 0 Å². The summed E-state index contributed by atoms with van der Waals surface area (Å²) in [5.41, 5.74) is 4.19. The summed E-state index contributed by atoms with van der Waals surface area (Å²) >= 11 is 0. The average Bonchev–Trinajstić information content (AvgIpc) is 2.54. The van der Waals surface area contributed by atoms with E-state index < -0.39 is 10.0 Å². The molecule has 0 heterocycles. The highest BCUT2D eigenvalue weighted by atomic mass is 32.2. The summed E-state index contributed by atoms with van der Waals surface area (Å²) < 4.78 is 27.3. The number of rotatable bonds is 8. The number of para-hydroxylation sites is 1. The molecule has 0 aromatic heterocycles. The molecule has 5 heteroatoms. The van der Waals surface area contributed by atoms with Crippen LogP contribution in [0, 0.1) is 13.8 Å². The molecule has 0 amide bonds. The molecular weight excluding hydrogens is 320 g/mol. The van der Waals surface area contributed by atoms with Crippen molar-refractivity contribution >= 4 is 15.7 Å². The summed E-state index contributed by atoms with van der Waals surface area (Å²) in [6, 6.07) is 15.7. The van der Waals surface area contributed by atoms with Crippen LogP contribution in [0.25, 0.3) is 0 Å². The first-order valence-electron chi connectivity index (χ1n) is 8.25. The lowest BCUT2D eigenvalue weighted by Crippen LogP contribution is -2.35. The van der Waals surface area contributed by atoms with Gasteiger partial charge in [0.1, 0.15) is 0 Å². The molecule has 0 aliphatic carbocycles. The molecule has 0 aliphatic heterocycles. The third kappa shape index (κ3) is 5.08. The minimum absolute atomic E-state index is 0.0240. The van der Waals surface area contributed by atoms with Gasteiger partial charge in [-0.2, -0.15) is 0 Å². The summed E-state index contributed by atoms with van der Waals surface area (Å²) in [6.07, 6.45) is 0. The molecule has 1 N–H and O–H groups in total. The number of aryl methyl sites for hydroxylation is 2. The van der Waals surface area contributed by atoms with Crippen LogP contribution in [0.1, 0.15) is 23.6 Å². The molecule has 0 unspecified atom stereocenters. The maximum atomic E-state index is 12.3. The van der Waals surface area contributed by atoms with Gasteiger partial charge in [-0.3, -0.25) is 0 Å². The molecule has 2 aromatic carbocycles. The van der Waals surface area contributed by atoms with Crippen molar-refractivity contribution in [2.75, 3.05) is 24.5 Å². The maximum Gasteiger partial charge on any atom is 0.215 e. The van der Waals surface area contributed by atoms with Gasteiger partial charge in [0.05, 0.1) is 5.75 Å². The van der Waals surface area contributed by atoms with Crippen LogP contribution < -0.4 is 9.62 Å². The second-order valence-electron chi connectivity index (χ2n) is 5.95. The fourth-order valence-corrected chi connectivity index (χ4v) is 3.97. The Labute approximate surface area is 145 Å². The fourth-order valence-electron chi connectivity index (χ4n) is 2.73. The maximum absolute atomic E-state index is 12.3. The zero-order valence-corrected chi connectivity index (χ0v) is 15.4. The molecular formula is C19H26N2O2S. The van der Waals surface area contributed by atoms with Crippen LogP contribution in [-0.4, -0.2) is 28.1 Å². The summed E-state index contributed by atoms with van der Waals surface area (Å²) in [5.74, 6) is 0.0240. The molecule has 0 spiro atoms. The van der Waals surface area contributed by atoms with Gasteiger partial charge in [0, 0.05) is 25.3 Å². The van der Waals surface area contributed by atoms with Crippen molar-refractivity contribution in [2.45, 2.75) is 26.5 Å². The molecule has 0 fully saturated rings. The van der Waals surface area contributed by atoms with Crippen LogP contribution in [0.15, 0.2) is 48.5 Å². The Morgan fingerprint density at radius 1 is 0.958 bits per heavy atom. The first-order chi connectivity index (χ1) is 11.4. The highest BCUT2D eigenvalue weighted by molar-refractivity contribution is 7.88. The normalized spacial score (nSPS) is 11.5. The van der Waals surface area contributed by atoms with Gasteiger partial charge >= 0.3 is 0 Å². The molecule has 2 aromatic rings. The van der Waals surface area contributed by atoms with E-state index in [0.29, 0.717) is 13.1 Å². The van der Waals surface area contributed by atoms with Crippen LogP contribution in [-0.2, 0) is 15.8 Å². The number of nitrogens with zero attached hydrogens (tertiary/aromatic N) is 1. The summed E-state index contributed by atoms with van der Waals surface area (Å²) in [4.78, 5) is 2.19. The molecule has 0 saturated heterocycles. The molecule has 0 aliphatic rings. The van der Waals surface area contributed by atoms with E-state index in [1.54, 1.807) is 0 Å². The Morgan fingerprint density at radius 2 is 1.58 bits per heavy atom. The number of sulfonamides is 1. The number of nitrogens with one attached hydrogen (secondary N) is 1. The SMILES string of the molecule is CCN(CCNS(=O)(=O)Cc1ccccc1C)c1ccccc1C. The van der Waals surface area contributed by atoms with E-state index in [1.807, 2.05) is 43.3 Å². The van der Waals surface area contributed by atoms with E-state index in [4.69, 9.17) is 0 Å². The fraction of sp³-hybridized carbons (Fsp3) is 0.368. The summed E-state index contributed by atoms with van der Waals surface area (Å²) in [5, 5.41) is 0. The van der Waals surface area contributed by atoms with Gasteiger partial charge in [-0.15, -0.1) is 0 Å². The van der Waals surface area contributed by atoms with Crippen molar-refractivity contribution in [1.82, 2.24) is 4.72 Å². The van der Waals surface area contributed by atoms with Gasteiger partial charge < -0.3 is 4.90 Å². The van der Waals surface area contributed by atoms with Gasteiger partial charge in [0.2, 0.25) is 10.0 Å². The first-order valence-corrected chi connectivity index (χ1v) is 9.90. The van der Waals surface area contributed by atoms with Crippen LogP contribution in [0.2, 0.25) is 0 Å². The molecule has 24 heavy (non-hydrogen) atoms. The van der Waals surface area contributed by atoms with E-state index in [-0.39, 0.29) is 5.75 Å². The Hall–Kier alpha value is -1.85. The van der Waals surface area contributed by atoms with Crippen molar-refractivity contribution in [2.24, 2.45) is 0 Å². The topological polar surface area (TPSA) is 49.4 Å². The molecule has 4 nitrogen and oxygen atoms in total. The van der Waals surface area contributed by atoms with Gasteiger partial charge in [0.25, 0.3) is 0 Å². The van der Waals surface area contributed by atoms with E-state index >= 15 is 0 Å². The first kappa shape index (κ1) is 18.5. The van der Waals surface area contributed by atoms with Crippen molar-refractivity contribution in [3.63, 3.8) is 0 Å².